The number of ether oxygens (including phenoxy) is 1. The monoisotopic (exact) mass is 545 g/mol. The second-order valence-electron chi connectivity index (χ2n) is 12.6. The van der Waals surface area contributed by atoms with Crippen LogP contribution in [-0.4, -0.2) is 47.0 Å². The Morgan fingerprint density at radius 3 is 2.10 bits per heavy atom. The van der Waals surface area contributed by atoms with Crippen molar-refractivity contribution in [3.8, 4) is 0 Å². The number of nitrogens with zero attached hydrogens (tertiary/aromatic N) is 1. The number of carbonyl (C=O) groups is 3. The van der Waals surface area contributed by atoms with Crippen LogP contribution in [0.25, 0.3) is 0 Å². The minimum Gasteiger partial charge on any atom is -0.444 e. The summed E-state index contributed by atoms with van der Waals surface area (Å²) in [6.07, 6.45) is 6.19. The molecule has 0 aliphatic heterocycles. The Morgan fingerprint density at radius 2 is 1.54 bits per heavy atom. The fourth-order valence-electron chi connectivity index (χ4n) is 4.64. The average Bonchev–Trinajstić information content (AvgIpc) is 2.79. The van der Waals surface area contributed by atoms with E-state index in [1.807, 2.05) is 59.7 Å². The van der Waals surface area contributed by atoms with Gasteiger partial charge in [-0.05, 0) is 78.4 Å². The Morgan fingerprint density at radius 1 is 0.923 bits per heavy atom. The van der Waals surface area contributed by atoms with Crippen LogP contribution >= 0.6 is 0 Å². The number of benzene rings is 1. The first-order chi connectivity index (χ1) is 18.2. The van der Waals surface area contributed by atoms with Crippen LogP contribution in [0, 0.1) is 19.8 Å². The van der Waals surface area contributed by atoms with E-state index in [9.17, 15) is 14.4 Å². The number of unbranched alkanes of at least 4 members (excludes halogenated alkanes) is 5. The standard InChI is InChI=1S/C32H55N3O4/c1-11-12-13-14-15-16-19-35(30(37)27(20-22(2)3)34-31(38)39-32(8,9)10)28(29(36)33-23(4)5)26-21-24(6)17-18-25(26)7/h17-18,21-23,27-28H,11-16,19-20H2,1-10H3,(H,33,36)(H,34,38). The highest BCUT2D eigenvalue weighted by Gasteiger charge is 2.37. The topological polar surface area (TPSA) is 87.7 Å². The Hall–Kier alpha value is -2.57. The highest BCUT2D eigenvalue weighted by Crippen LogP contribution is 2.28. The third kappa shape index (κ3) is 12.9. The molecule has 0 saturated heterocycles. The Labute approximate surface area is 237 Å². The summed E-state index contributed by atoms with van der Waals surface area (Å²) in [5.41, 5.74) is 2.10. The van der Waals surface area contributed by atoms with Crippen LogP contribution in [0.3, 0.4) is 0 Å². The quantitative estimate of drug-likeness (QED) is 0.232. The molecule has 7 nitrogen and oxygen atoms in total. The van der Waals surface area contributed by atoms with E-state index >= 15 is 0 Å². The zero-order valence-electron chi connectivity index (χ0n) is 26.3. The van der Waals surface area contributed by atoms with Gasteiger partial charge in [0.05, 0.1) is 0 Å². The third-order valence-corrected chi connectivity index (χ3v) is 6.45. The predicted octanol–water partition coefficient (Wildman–Crippen LogP) is 7.00. The van der Waals surface area contributed by atoms with Crippen molar-refractivity contribution < 1.29 is 19.1 Å². The van der Waals surface area contributed by atoms with Gasteiger partial charge in [0.2, 0.25) is 11.8 Å². The molecule has 0 heterocycles. The fourth-order valence-corrected chi connectivity index (χ4v) is 4.64. The number of hydrogen-bond acceptors (Lipinski definition) is 4. The summed E-state index contributed by atoms with van der Waals surface area (Å²) >= 11 is 0. The zero-order chi connectivity index (χ0) is 29.8. The third-order valence-electron chi connectivity index (χ3n) is 6.45. The predicted molar refractivity (Wildman–Crippen MR) is 160 cm³/mol. The van der Waals surface area contributed by atoms with Crippen molar-refractivity contribution in [2.24, 2.45) is 5.92 Å². The molecule has 7 heteroatoms. The minimum atomic E-state index is -0.806. The molecule has 0 fully saturated rings. The summed E-state index contributed by atoms with van der Waals surface area (Å²) < 4.78 is 5.50. The lowest BCUT2D eigenvalue weighted by molar-refractivity contribution is -0.143. The van der Waals surface area contributed by atoms with Gasteiger partial charge in [-0.2, -0.15) is 0 Å². The highest BCUT2D eigenvalue weighted by atomic mass is 16.6. The van der Waals surface area contributed by atoms with Crippen LogP contribution in [0.1, 0.15) is 123 Å². The SMILES string of the molecule is CCCCCCCCN(C(=O)C(CC(C)C)NC(=O)OC(C)(C)C)C(C(=O)NC(C)C)c1cc(C)ccc1C. The Bertz CT molecular complexity index is 920. The van der Waals surface area contributed by atoms with E-state index in [2.05, 4.69) is 17.6 Å². The van der Waals surface area contributed by atoms with Crippen LogP contribution in [0.2, 0.25) is 0 Å². The molecule has 3 amide bonds. The van der Waals surface area contributed by atoms with Crippen LogP contribution in [0.5, 0.6) is 0 Å². The minimum absolute atomic E-state index is 0.0811. The first kappa shape index (κ1) is 34.5. The van der Waals surface area contributed by atoms with E-state index in [1.54, 1.807) is 25.7 Å². The second-order valence-corrected chi connectivity index (χ2v) is 12.6. The van der Waals surface area contributed by atoms with E-state index in [0.717, 1.165) is 42.4 Å². The van der Waals surface area contributed by atoms with Crippen molar-refractivity contribution in [2.75, 3.05) is 6.54 Å². The largest absolute Gasteiger partial charge is 0.444 e. The van der Waals surface area contributed by atoms with Gasteiger partial charge in [-0.3, -0.25) is 9.59 Å². The van der Waals surface area contributed by atoms with E-state index in [0.29, 0.717) is 13.0 Å². The lowest BCUT2D eigenvalue weighted by Gasteiger charge is -2.36. The summed E-state index contributed by atoms with van der Waals surface area (Å²) in [7, 11) is 0. The number of nitrogens with one attached hydrogen (secondary N) is 2. The van der Waals surface area contributed by atoms with E-state index in [1.165, 1.54) is 12.8 Å². The lowest BCUT2D eigenvalue weighted by atomic mass is 9.94. The maximum Gasteiger partial charge on any atom is 0.408 e. The van der Waals surface area contributed by atoms with Gasteiger partial charge in [-0.25, -0.2) is 4.79 Å². The van der Waals surface area contributed by atoms with Gasteiger partial charge in [0.15, 0.2) is 0 Å². The molecule has 2 N–H and O–H groups in total. The fraction of sp³-hybridized carbons (Fsp3) is 0.719. The molecule has 0 aliphatic carbocycles. The average molecular weight is 546 g/mol. The van der Waals surface area contributed by atoms with Crippen molar-refractivity contribution in [2.45, 2.75) is 138 Å². The number of aryl methyl sites for hydroxylation is 2. The van der Waals surface area contributed by atoms with Gasteiger partial charge in [0.1, 0.15) is 17.7 Å². The zero-order valence-corrected chi connectivity index (χ0v) is 26.3. The molecule has 222 valence electrons. The van der Waals surface area contributed by atoms with Gasteiger partial charge in [0, 0.05) is 12.6 Å². The van der Waals surface area contributed by atoms with Crippen LogP contribution in [-0.2, 0) is 14.3 Å². The van der Waals surface area contributed by atoms with E-state index in [-0.39, 0.29) is 23.8 Å². The molecule has 0 saturated carbocycles. The highest BCUT2D eigenvalue weighted by molar-refractivity contribution is 5.92. The van der Waals surface area contributed by atoms with Crippen molar-refractivity contribution in [1.29, 1.82) is 0 Å². The summed E-state index contributed by atoms with van der Waals surface area (Å²) in [6, 6.07) is 4.33. The molecule has 2 atom stereocenters. The first-order valence-corrected chi connectivity index (χ1v) is 14.8. The number of alkyl carbamates (subject to hydrolysis) is 1. The Balaban J connectivity index is 3.51. The van der Waals surface area contributed by atoms with Crippen molar-refractivity contribution in [3.63, 3.8) is 0 Å². The molecule has 0 aromatic heterocycles. The molecule has 0 aliphatic rings. The second kappa shape index (κ2) is 16.5. The van der Waals surface area contributed by atoms with Gasteiger partial charge < -0.3 is 20.3 Å². The number of rotatable bonds is 15. The van der Waals surface area contributed by atoms with Crippen molar-refractivity contribution in [3.05, 3.63) is 34.9 Å². The molecule has 0 spiro atoms. The number of carbonyl (C=O) groups excluding carboxylic acids is 3. The van der Waals surface area contributed by atoms with Gasteiger partial charge in [-0.1, -0.05) is 76.6 Å². The van der Waals surface area contributed by atoms with Crippen molar-refractivity contribution in [1.82, 2.24) is 15.5 Å². The number of hydrogen-bond donors (Lipinski definition) is 2. The van der Waals surface area contributed by atoms with E-state index < -0.39 is 23.8 Å². The maximum atomic E-state index is 14.3. The molecule has 1 rings (SSSR count). The molecular formula is C32H55N3O4. The molecule has 1 aromatic carbocycles. The smallest absolute Gasteiger partial charge is 0.408 e. The van der Waals surface area contributed by atoms with Crippen LogP contribution in [0.4, 0.5) is 4.79 Å². The van der Waals surface area contributed by atoms with Crippen LogP contribution < -0.4 is 10.6 Å². The normalized spacial score (nSPS) is 13.2. The van der Waals surface area contributed by atoms with E-state index in [4.69, 9.17) is 4.74 Å². The summed E-state index contributed by atoms with van der Waals surface area (Å²) in [6.45, 7) is 19.8. The summed E-state index contributed by atoms with van der Waals surface area (Å²) in [4.78, 5) is 42.6. The summed E-state index contributed by atoms with van der Waals surface area (Å²) in [5.74, 6) is -0.319. The Kier molecular flexibility index (Phi) is 14.6. The van der Waals surface area contributed by atoms with Crippen molar-refractivity contribution >= 4 is 17.9 Å². The molecule has 1 aromatic rings. The molecule has 0 bridgehead atoms. The molecular weight excluding hydrogens is 490 g/mol. The van der Waals surface area contributed by atoms with Gasteiger partial charge in [0.25, 0.3) is 0 Å². The maximum absolute atomic E-state index is 14.3. The molecule has 0 radical (unpaired) electrons. The first-order valence-electron chi connectivity index (χ1n) is 14.8. The van der Waals surface area contributed by atoms with Gasteiger partial charge >= 0.3 is 6.09 Å². The van der Waals surface area contributed by atoms with Crippen LogP contribution in [0.15, 0.2) is 18.2 Å². The lowest BCUT2D eigenvalue weighted by Crippen LogP contribution is -2.54. The summed E-state index contributed by atoms with van der Waals surface area (Å²) in [5, 5.41) is 5.88. The number of amides is 3. The van der Waals surface area contributed by atoms with Gasteiger partial charge in [-0.15, -0.1) is 0 Å². The molecule has 2 unspecified atom stereocenters. The molecule has 39 heavy (non-hydrogen) atoms.